The number of benzene rings is 1. The van der Waals surface area contributed by atoms with Gasteiger partial charge >= 0.3 is 5.97 Å². The van der Waals surface area contributed by atoms with Gasteiger partial charge in [-0.1, -0.05) is 11.6 Å². The number of ether oxygens (including phenoxy) is 2. The van der Waals surface area contributed by atoms with Crippen molar-refractivity contribution in [3.63, 3.8) is 0 Å². The number of aromatic nitrogens is 1. The lowest BCUT2D eigenvalue weighted by atomic mass is 10.1. The van der Waals surface area contributed by atoms with E-state index in [-0.39, 0.29) is 12.0 Å². The number of amides is 1. The summed E-state index contributed by atoms with van der Waals surface area (Å²) in [7, 11) is 1.52. The number of H-pyrrole nitrogens is 1. The van der Waals surface area contributed by atoms with Gasteiger partial charge in [0.1, 0.15) is 11.4 Å². The van der Waals surface area contributed by atoms with Gasteiger partial charge < -0.3 is 19.8 Å². The minimum absolute atomic E-state index is 0.236. The zero-order chi connectivity index (χ0) is 18.7. The zero-order valence-corrected chi connectivity index (χ0v) is 15.6. The van der Waals surface area contributed by atoms with Crippen molar-refractivity contribution in [2.24, 2.45) is 0 Å². The van der Waals surface area contributed by atoms with Crippen LogP contribution in [-0.2, 0) is 4.74 Å². The van der Waals surface area contributed by atoms with E-state index in [1.165, 1.54) is 7.11 Å². The summed E-state index contributed by atoms with van der Waals surface area (Å²) in [6, 6.07) is 4.94. The van der Waals surface area contributed by atoms with E-state index < -0.39 is 5.97 Å². The van der Waals surface area contributed by atoms with Crippen LogP contribution in [0.4, 0.5) is 5.69 Å². The van der Waals surface area contributed by atoms with Crippen molar-refractivity contribution in [2.75, 3.05) is 12.4 Å². The molecule has 2 aromatic rings. The Kier molecular flexibility index (Phi) is 5.74. The summed E-state index contributed by atoms with van der Waals surface area (Å²) in [5, 5.41) is 3.14. The molecular formula is C18H21ClN2O4. The zero-order valence-electron chi connectivity index (χ0n) is 14.8. The maximum atomic E-state index is 12.5. The SMILES string of the molecule is COc1ccc(NC(=O)c2[nH]c(C)c(C(=O)OC(C)C)c2C)cc1Cl. The van der Waals surface area contributed by atoms with E-state index in [0.717, 1.165) is 0 Å². The Balaban J connectivity index is 2.25. The Morgan fingerprint density at radius 1 is 1.24 bits per heavy atom. The fourth-order valence-electron chi connectivity index (χ4n) is 2.49. The van der Waals surface area contributed by atoms with Crippen molar-refractivity contribution in [3.8, 4) is 5.75 Å². The molecule has 1 heterocycles. The molecule has 0 unspecified atom stereocenters. The molecule has 1 aromatic carbocycles. The predicted octanol–water partition coefficient (Wildman–Crippen LogP) is 4.11. The first-order valence-corrected chi connectivity index (χ1v) is 8.17. The molecule has 0 saturated carbocycles. The average molecular weight is 365 g/mol. The Hall–Kier alpha value is -2.47. The molecule has 0 aliphatic heterocycles. The molecule has 2 N–H and O–H groups in total. The number of carbonyl (C=O) groups is 2. The monoisotopic (exact) mass is 364 g/mol. The lowest BCUT2D eigenvalue weighted by Crippen LogP contribution is -2.15. The normalized spacial score (nSPS) is 10.7. The fraction of sp³-hybridized carbons (Fsp3) is 0.333. The topological polar surface area (TPSA) is 80.4 Å². The van der Waals surface area contributed by atoms with Gasteiger partial charge in [0.15, 0.2) is 0 Å². The van der Waals surface area contributed by atoms with E-state index in [9.17, 15) is 9.59 Å². The second-order valence-electron chi connectivity index (χ2n) is 5.88. The van der Waals surface area contributed by atoms with Crippen LogP contribution in [-0.4, -0.2) is 30.1 Å². The van der Waals surface area contributed by atoms with Gasteiger partial charge in [0.2, 0.25) is 0 Å². The lowest BCUT2D eigenvalue weighted by molar-refractivity contribution is 0.0376. The summed E-state index contributed by atoms with van der Waals surface area (Å²) in [4.78, 5) is 27.7. The number of halogens is 1. The second-order valence-corrected chi connectivity index (χ2v) is 6.29. The number of methoxy groups -OCH3 is 1. The molecule has 0 bridgehead atoms. The molecule has 1 amide bonds. The van der Waals surface area contributed by atoms with Gasteiger partial charge in [0.05, 0.1) is 23.8 Å². The molecule has 0 radical (unpaired) electrons. The molecule has 1 aromatic heterocycles. The lowest BCUT2D eigenvalue weighted by Gasteiger charge is -2.09. The van der Waals surface area contributed by atoms with Crippen LogP contribution >= 0.6 is 11.6 Å². The quantitative estimate of drug-likeness (QED) is 0.782. The predicted molar refractivity (Wildman–Crippen MR) is 96.8 cm³/mol. The van der Waals surface area contributed by atoms with Crippen molar-refractivity contribution < 1.29 is 19.1 Å². The molecule has 25 heavy (non-hydrogen) atoms. The van der Waals surface area contributed by atoms with Gasteiger partial charge in [0, 0.05) is 11.4 Å². The number of aromatic amines is 1. The van der Waals surface area contributed by atoms with Gasteiger partial charge in [-0.05, 0) is 51.5 Å². The number of esters is 1. The van der Waals surface area contributed by atoms with Gasteiger partial charge in [-0.3, -0.25) is 4.79 Å². The first-order valence-electron chi connectivity index (χ1n) is 7.79. The summed E-state index contributed by atoms with van der Waals surface area (Å²) in [5.41, 5.74) is 2.34. The number of hydrogen-bond donors (Lipinski definition) is 2. The molecule has 2 rings (SSSR count). The van der Waals surface area contributed by atoms with Crippen LogP contribution in [0, 0.1) is 13.8 Å². The first-order chi connectivity index (χ1) is 11.7. The van der Waals surface area contributed by atoms with Crippen LogP contribution in [0.15, 0.2) is 18.2 Å². The molecule has 0 atom stereocenters. The van der Waals surface area contributed by atoms with E-state index in [1.807, 2.05) is 0 Å². The first kappa shape index (κ1) is 18.9. The highest BCUT2D eigenvalue weighted by Crippen LogP contribution is 2.28. The van der Waals surface area contributed by atoms with E-state index in [0.29, 0.717) is 39.0 Å². The Labute approximate surface area is 151 Å². The molecule has 7 heteroatoms. The van der Waals surface area contributed by atoms with Crippen LogP contribution in [0.5, 0.6) is 5.75 Å². The summed E-state index contributed by atoms with van der Waals surface area (Å²) in [6.45, 7) is 6.98. The molecule has 0 aliphatic carbocycles. The van der Waals surface area contributed by atoms with E-state index >= 15 is 0 Å². The molecule has 0 fully saturated rings. The summed E-state index contributed by atoms with van der Waals surface area (Å²) < 4.78 is 10.3. The number of anilines is 1. The summed E-state index contributed by atoms with van der Waals surface area (Å²) in [6.07, 6.45) is -0.236. The van der Waals surface area contributed by atoms with E-state index in [1.54, 1.807) is 45.9 Å². The third-order valence-corrected chi connectivity index (χ3v) is 3.92. The maximum absolute atomic E-state index is 12.5. The Bertz CT molecular complexity index is 812. The standard InChI is InChI=1S/C18H21ClN2O4/c1-9(2)25-18(23)15-10(3)16(20-11(15)4)17(22)21-12-6-7-14(24-5)13(19)8-12/h6-9,20H,1-5H3,(H,21,22). The Morgan fingerprint density at radius 2 is 1.92 bits per heavy atom. The fourth-order valence-corrected chi connectivity index (χ4v) is 2.75. The van der Waals surface area contributed by atoms with Crippen LogP contribution < -0.4 is 10.1 Å². The average Bonchev–Trinajstić information content (AvgIpc) is 2.81. The summed E-state index contributed by atoms with van der Waals surface area (Å²) in [5.74, 6) is -0.302. The number of rotatable bonds is 5. The van der Waals surface area contributed by atoms with Crippen LogP contribution in [0.2, 0.25) is 5.02 Å². The van der Waals surface area contributed by atoms with Crippen molar-refractivity contribution >= 4 is 29.2 Å². The Morgan fingerprint density at radius 3 is 2.48 bits per heavy atom. The van der Waals surface area contributed by atoms with Crippen molar-refractivity contribution in [3.05, 3.63) is 45.7 Å². The minimum Gasteiger partial charge on any atom is -0.495 e. The summed E-state index contributed by atoms with van der Waals surface area (Å²) >= 11 is 6.06. The highest BCUT2D eigenvalue weighted by Gasteiger charge is 2.23. The highest BCUT2D eigenvalue weighted by atomic mass is 35.5. The van der Waals surface area contributed by atoms with E-state index in [2.05, 4.69) is 10.3 Å². The molecule has 0 saturated heterocycles. The molecule has 0 spiro atoms. The number of aryl methyl sites for hydroxylation is 1. The third kappa shape index (κ3) is 4.14. The number of carbonyl (C=O) groups excluding carboxylic acids is 2. The van der Waals surface area contributed by atoms with Crippen molar-refractivity contribution in [1.29, 1.82) is 0 Å². The molecule has 134 valence electrons. The van der Waals surface area contributed by atoms with Crippen molar-refractivity contribution in [2.45, 2.75) is 33.8 Å². The number of hydrogen-bond acceptors (Lipinski definition) is 4. The van der Waals surface area contributed by atoms with Crippen LogP contribution in [0.25, 0.3) is 0 Å². The largest absolute Gasteiger partial charge is 0.495 e. The maximum Gasteiger partial charge on any atom is 0.340 e. The minimum atomic E-state index is -0.451. The van der Waals surface area contributed by atoms with Gasteiger partial charge in [0.25, 0.3) is 5.91 Å². The van der Waals surface area contributed by atoms with Crippen molar-refractivity contribution in [1.82, 2.24) is 4.98 Å². The molecule has 6 nitrogen and oxygen atoms in total. The van der Waals surface area contributed by atoms with Gasteiger partial charge in [-0.15, -0.1) is 0 Å². The molecule has 0 aliphatic rings. The third-order valence-electron chi connectivity index (χ3n) is 3.62. The van der Waals surface area contributed by atoms with Crippen LogP contribution in [0.3, 0.4) is 0 Å². The smallest absolute Gasteiger partial charge is 0.340 e. The van der Waals surface area contributed by atoms with Crippen LogP contribution in [0.1, 0.15) is 46.0 Å². The second kappa shape index (κ2) is 7.61. The van der Waals surface area contributed by atoms with Gasteiger partial charge in [-0.25, -0.2) is 4.79 Å². The van der Waals surface area contributed by atoms with Gasteiger partial charge in [-0.2, -0.15) is 0 Å². The molecular weight excluding hydrogens is 344 g/mol. The number of nitrogens with one attached hydrogen (secondary N) is 2. The van der Waals surface area contributed by atoms with E-state index in [4.69, 9.17) is 21.1 Å². The highest BCUT2D eigenvalue weighted by molar-refractivity contribution is 6.32.